The van der Waals surface area contributed by atoms with E-state index in [0.29, 0.717) is 12.8 Å². The Morgan fingerprint density at radius 1 is 1.15 bits per heavy atom. The molecule has 0 fully saturated rings. The van der Waals surface area contributed by atoms with Gasteiger partial charge in [-0.05, 0) is 24.3 Å². The highest BCUT2D eigenvalue weighted by molar-refractivity contribution is 6.43. The first-order valence-corrected chi connectivity index (χ1v) is 9.47. The number of nitrogens with one attached hydrogen (secondary N) is 2. The van der Waals surface area contributed by atoms with Gasteiger partial charge in [0.05, 0.1) is 5.94 Å². The first-order chi connectivity index (χ1) is 12.8. The molecule has 1 rings (SSSR count). The maximum absolute atomic E-state index is 12.6. The summed E-state index contributed by atoms with van der Waals surface area (Å²) in [6, 6.07) is 8.44. The first-order valence-electron chi connectivity index (χ1n) is 9.47. The Labute approximate surface area is 161 Å². The van der Waals surface area contributed by atoms with Gasteiger partial charge in [0.2, 0.25) is 5.91 Å². The summed E-state index contributed by atoms with van der Waals surface area (Å²) in [5, 5.41) is 24.2. The lowest BCUT2D eigenvalue weighted by Gasteiger charge is -2.24. The van der Waals surface area contributed by atoms with Crippen molar-refractivity contribution < 1.29 is 24.4 Å². The minimum absolute atomic E-state index is 0.108. The number of alkyl carbamates (subject to hydrolysis) is 1. The maximum atomic E-state index is 12.6. The summed E-state index contributed by atoms with van der Waals surface area (Å²) < 4.78 is 5.18. The highest BCUT2D eigenvalue weighted by Crippen LogP contribution is 2.08. The molecule has 2 amide bonds. The topological polar surface area (TPSA) is 108 Å². The molecule has 1 aromatic rings. The number of carbonyl (C=O) groups excluding carboxylic acids is 2. The third-order valence-corrected chi connectivity index (χ3v) is 4.08. The van der Waals surface area contributed by atoms with E-state index in [0.717, 1.165) is 18.4 Å². The Balaban J connectivity index is 2.64. The van der Waals surface area contributed by atoms with E-state index in [2.05, 4.69) is 10.6 Å². The third kappa shape index (κ3) is 9.44. The number of amides is 2. The summed E-state index contributed by atoms with van der Waals surface area (Å²) in [4.78, 5) is 24.7. The van der Waals surface area contributed by atoms with Gasteiger partial charge in [-0.3, -0.25) is 4.79 Å². The average molecular weight is 378 g/mol. The van der Waals surface area contributed by atoms with Gasteiger partial charge in [-0.25, -0.2) is 4.79 Å². The number of unbranched alkanes of at least 4 members (excludes halogenated alkanes) is 1. The van der Waals surface area contributed by atoms with Crippen molar-refractivity contribution in [3.05, 3.63) is 35.9 Å². The van der Waals surface area contributed by atoms with Crippen molar-refractivity contribution in [2.24, 2.45) is 5.92 Å². The largest absolute Gasteiger partial charge is 0.475 e. The van der Waals surface area contributed by atoms with Crippen LogP contribution in [0.3, 0.4) is 0 Å². The molecule has 4 N–H and O–H groups in total. The highest BCUT2D eigenvalue weighted by atomic mass is 16.5. The Morgan fingerprint density at radius 3 is 2.37 bits per heavy atom. The average Bonchev–Trinajstić information content (AvgIpc) is 2.63. The Hall–Kier alpha value is -2.06. The minimum Gasteiger partial charge on any atom is -0.445 e. The molecule has 0 saturated carbocycles. The monoisotopic (exact) mass is 378 g/mol. The molecular formula is C19H31BN2O5. The van der Waals surface area contributed by atoms with E-state index >= 15 is 0 Å². The van der Waals surface area contributed by atoms with Gasteiger partial charge >= 0.3 is 13.2 Å². The molecule has 0 spiro atoms. The molecule has 0 bridgehead atoms. The van der Waals surface area contributed by atoms with E-state index in [1.54, 1.807) is 0 Å². The normalized spacial score (nSPS) is 13.0. The molecule has 2 unspecified atom stereocenters. The molecule has 0 aliphatic carbocycles. The number of hydrogen-bond donors (Lipinski definition) is 4. The van der Waals surface area contributed by atoms with Crippen LogP contribution >= 0.6 is 0 Å². The van der Waals surface area contributed by atoms with Crippen LogP contribution in [-0.4, -0.2) is 41.1 Å². The number of carbonyl (C=O) groups is 2. The van der Waals surface area contributed by atoms with Crippen LogP contribution in [0.25, 0.3) is 0 Å². The first kappa shape index (κ1) is 23.0. The van der Waals surface area contributed by atoms with Gasteiger partial charge in [0, 0.05) is 0 Å². The predicted octanol–water partition coefficient (Wildman–Crippen LogP) is 2.01. The van der Waals surface area contributed by atoms with Crippen molar-refractivity contribution in [1.29, 1.82) is 0 Å². The molecule has 1 aromatic carbocycles. The fourth-order valence-electron chi connectivity index (χ4n) is 2.61. The van der Waals surface area contributed by atoms with Crippen LogP contribution in [0, 0.1) is 5.92 Å². The van der Waals surface area contributed by atoms with E-state index in [1.165, 1.54) is 0 Å². The number of ether oxygens (including phenoxy) is 1. The second-order valence-corrected chi connectivity index (χ2v) is 7.06. The van der Waals surface area contributed by atoms with Crippen molar-refractivity contribution in [3.63, 3.8) is 0 Å². The molecule has 0 aliphatic heterocycles. The summed E-state index contributed by atoms with van der Waals surface area (Å²) in [7, 11) is -1.65. The zero-order valence-electron chi connectivity index (χ0n) is 16.4. The zero-order valence-corrected chi connectivity index (χ0v) is 16.4. The lowest BCUT2D eigenvalue weighted by Crippen LogP contribution is -2.54. The van der Waals surface area contributed by atoms with Crippen LogP contribution in [-0.2, 0) is 16.1 Å². The van der Waals surface area contributed by atoms with Gasteiger partial charge < -0.3 is 25.4 Å². The lowest BCUT2D eigenvalue weighted by atomic mass is 9.76. The number of rotatable bonds is 11. The molecule has 7 nitrogen and oxygen atoms in total. The van der Waals surface area contributed by atoms with Crippen LogP contribution in [0.5, 0.6) is 0 Å². The van der Waals surface area contributed by atoms with Crippen LogP contribution in [0.15, 0.2) is 30.3 Å². The molecule has 0 heterocycles. The Kier molecular flexibility index (Phi) is 10.5. The van der Waals surface area contributed by atoms with Crippen LogP contribution in [0.2, 0.25) is 0 Å². The summed E-state index contributed by atoms with van der Waals surface area (Å²) in [6.45, 7) is 5.96. The van der Waals surface area contributed by atoms with Crippen molar-refractivity contribution >= 4 is 19.1 Å². The van der Waals surface area contributed by atoms with Crippen LogP contribution in [0.1, 0.15) is 52.0 Å². The summed E-state index contributed by atoms with van der Waals surface area (Å²) in [6.07, 6.45) is 1.80. The van der Waals surface area contributed by atoms with Crippen molar-refractivity contribution in [2.45, 2.75) is 65.0 Å². The highest BCUT2D eigenvalue weighted by Gasteiger charge is 2.29. The van der Waals surface area contributed by atoms with Gasteiger partial charge in [0.1, 0.15) is 12.6 Å². The zero-order chi connectivity index (χ0) is 20.2. The third-order valence-electron chi connectivity index (χ3n) is 4.08. The molecule has 2 atom stereocenters. The Bertz CT molecular complexity index is 568. The molecular weight excluding hydrogens is 347 g/mol. The fourth-order valence-corrected chi connectivity index (χ4v) is 2.61. The number of benzene rings is 1. The second kappa shape index (κ2) is 12.4. The van der Waals surface area contributed by atoms with Gasteiger partial charge in [-0.15, -0.1) is 0 Å². The summed E-state index contributed by atoms with van der Waals surface area (Å²) in [5.41, 5.74) is 0.848. The molecule has 8 heteroatoms. The molecule has 0 aliphatic rings. The minimum atomic E-state index is -1.65. The van der Waals surface area contributed by atoms with Gasteiger partial charge in [-0.2, -0.15) is 0 Å². The van der Waals surface area contributed by atoms with E-state index in [-0.39, 0.29) is 12.5 Å². The maximum Gasteiger partial charge on any atom is 0.475 e. The van der Waals surface area contributed by atoms with Crippen molar-refractivity contribution in [2.75, 3.05) is 0 Å². The van der Waals surface area contributed by atoms with Crippen molar-refractivity contribution in [3.8, 4) is 0 Å². The Morgan fingerprint density at radius 2 is 1.81 bits per heavy atom. The smallest absolute Gasteiger partial charge is 0.445 e. The summed E-state index contributed by atoms with van der Waals surface area (Å²) >= 11 is 0. The van der Waals surface area contributed by atoms with Crippen LogP contribution in [0.4, 0.5) is 4.79 Å². The summed E-state index contributed by atoms with van der Waals surface area (Å²) in [5.74, 6) is -1.06. The van der Waals surface area contributed by atoms with Crippen molar-refractivity contribution in [1.82, 2.24) is 10.6 Å². The lowest BCUT2D eigenvalue weighted by molar-refractivity contribution is -0.123. The van der Waals surface area contributed by atoms with Crippen LogP contribution < -0.4 is 10.6 Å². The standard InChI is InChI=1S/C19H31BN2O5/c1-4-5-11-17(20(25)26)22-18(23)16(12-14(2)3)21-19(24)27-13-15-9-7-6-8-10-15/h6-10,14,16-17,25-26H,4-5,11-13H2,1-3H3,(H,21,24)(H,22,23). The SMILES string of the molecule is CCCCC(NC(=O)C(CC(C)C)NC(=O)OCc1ccccc1)B(O)O. The van der Waals surface area contributed by atoms with Gasteiger partial charge in [-0.1, -0.05) is 63.9 Å². The number of hydrogen-bond acceptors (Lipinski definition) is 5. The second-order valence-electron chi connectivity index (χ2n) is 7.06. The van der Waals surface area contributed by atoms with Gasteiger partial charge in [0.25, 0.3) is 0 Å². The predicted molar refractivity (Wildman–Crippen MR) is 105 cm³/mol. The molecule has 0 radical (unpaired) electrons. The van der Waals surface area contributed by atoms with E-state index in [1.807, 2.05) is 51.1 Å². The van der Waals surface area contributed by atoms with E-state index in [4.69, 9.17) is 4.74 Å². The molecule has 27 heavy (non-hydrogen) atoms. The molecule has 0 saturated heterocycles. The molecule has 150 valence electrons. The quantitative estimate of drug-likeness (QED) is 0.441. The van der Waals surface area contributed by atoms with Gasteiger partial charge in [0.15, 0.2) is 0 Å². The molecule has 0 aromatic heterocycles. The van der Waals surface area contributed by atoms with E-state index < -0.39 is 31.1 Å². The fraction of sp³-hybridized carbons (Fsp3) is 0.579. The van der Waals surface area contributed by atoms with E-state index in [9.17, 15) is 19.6 Å².